The highest BCUT2D eigenvalue weighted by Crippen LogP contribution is 2.36. The van der Waals surface area contributed by atoms with Gasteiger partial charge in [-0.3, -0.25) is 9.97 Å². The second-order valence-electron chi connectivity index (χ2n) is 5.77. The van der Waals surface area contributed by atoms with Crippen LogP contribution < -0.4 is 5.59 Å². The zero-order chi connectivity index (χ0) is 13.4. The van der Waals surface area contributed by atoms with E-state index >= 15 is 0 Å². The second kappa shape index (κ2) is 4.63. The predicted octanol–water partition coefficient (Wildman–Crippen LogP) is 1.73. The van der Waals surface area contributed by atoms with E-state index in [1.807, 2.05) is 33.9 Å². The predicted molar refractivity (Wildman–Crippen MR) is 71.7 cm³/mol. The Morgan fingerprint density at radius 1 is 1.06 bits per heavy atom. The maximum atomic E-state index is 5.93. The van der Waals surface area contributed by atoms with Crippen LogP contribution in [0.1, 0.15) is 46.7 Å². The van der Waals surface area contributed by atoms with Gasteiger partial charge in [0, 0.05) is 12.4 Å². The van der Waals surface area contributed by atoms with E-state index in [-0.39, 0.29) is 11.2 Å². The fourth-order valence-corrected chi connectivity index (χ4v) is 1.84. The zero-order valence-corrected chi connectivity index (χ0v) is 11.9. The number of aromatic nitrogens is 2. The Morgan fingerprint density at radius 3 is 2.11 bits per heavy atom. The van der Waals surface area contributed by atoms with Gasteiger partial charge in [-0.1, -0.05) is 13.3 Å². The molecule has 2 heterocycles. The van der Waals surface area contributed by atoms with E-state index in [2.05, 4.69) is 16.9 Å². The van der Waals surface area contributed by atoms with Crippen molar-refractivity contribution in [2.75, 3.05) is 0 Å². The Balaban J connectivity index is 2.14. The highest BCUT2D eigenvalue weighted by molar-refractivity contribution is 6.61. The van der Waals surface area contributed by atoms with Crippen molar-refractivity contribution in [3.05, 3.63) is 18.1 Å². The molecule has 1 fully saturated rings. The molecule has 0 atom stereocenters. The van der Waals surface area contributed by atoms with Crippen molar-refractivity contribution < 1.29 is 9.31 Å². The van der Waals surface area contributed by atoms with Crippen LogP contribution in [0.15, 0.2) is 12.4 Å². The van der Waals surface area contributed by atoms with Crippen molar-refractivity contribution in [1.82, 2.24) is 9.97 Å². The van der Waals surface area contributed by atoms with Crippen molar-refractivity contribution in [3.8, 4) is 0 Å². The van der Waals surface area contributed by atoms with Crippen molar-refractivity contribution >= 4 is 12.7 Å². The Labute approximate surface area is 109 Å². The number of hydrogen-bond donors (Lipinski definition) is 0. The number of hydrogen-bond acceptors (Lipinski definition) is 4. The van der Waals surface area contributed by atoms with Gasteiger partial charge in [0.05, 0.1) is 22.5 Å². The average Bonchev–Trinajstić information content (AvgIpc) is 2.50. The van der Waals surface area contributed by atoms with Crippen molar-refractivity contribution in [1.29, 1.82) is 0 Å². The van der Waals surface area contributed by atoms with Crippen LogP contribution in [-0.2, 0) is 15.7 Å². The van der Waals surface area contributed by atoms with E-state index in [1.165, 1.54) is 0 Å². The minimum Gasteiger partial charge on any atom is -0.398 e. The molecule has 4 nitrogen and oxygen atoms in total. The lowest BCUT2D eigenvalue weighted by molar-refractivity contribution is 0.00578. The van der Waals surface area contributed by atoms with E-state index < -0.39 is 7.12 Å². The molecule has 98 valence electrons. The molecule has 0 radical (unpaired) electrons. The van der Waals surface area contributed by atoms with Gasteiger partial charge in [-0.05, 0) is 34.1 Å². The first-order valence-corrected chi connectivity index (χ1v) is 6.52. The first-order valence-electron chi connectivity index (χ1n) is 6.52. The topological polar surface area (TPSA) is 44.2 Å². The number of aryl methyl sites for hydroxylation is 1. The molecule has 0 amide bonds. The summed E-state index contributed by atoms with van der Waals surface area (Å²) < 4.78 is 11.9. The van der Waals surface area contributed by atoms with Gasteiger partial charge in [-0.2, -0.15) is 0 Å². The van der Waals surface area contributed by atoms with Crippen molar-refractivity contribution in [2.45, 2.75) is 58.7 Å². The third-order valence-electron chi connectivity index (χ3n) is 3.73. The summed E-state index contributed by atoms with van der Waals surface area (Å²) >= 11 is 0. The van der Waals surface area contributed by atoms with Crippen LogP contribution in [0.5, 0.6) is 0 Å². The SMILES string of the molecule is CCCc1cnc(B2OC(C)(C)C(C)(C)O2)cn1. The van der Waals surface area contributed by atoms with E-state index in [0.717, 1.165) is 24.1 Å². The molecule has 0 bridgehead atoms. The number of rotatable bonds is 3. The molecule has 18 heavy (non-hydrogen) atoms. The van der Waals surface area contributed by atoms with Gasteiger partial charge >= 0.3 is 7.12 Å². The van der Waals surface area contributed by atoms with Gasteiger partial charge < -0.3 is 9.31 Å². The Kier molecular flexibility index (Phi) is 3.47. The first kappa shape index (κ1) is 13.5. The molecule has 0 aromatic carbocycles. The van der Waals surface area contributed by atoms with Crippen LogP contribution in [0.25, 0.3) is 0 Å². The fraction of sp³-hybridized carbons (Fsp3) is 0.692. The molecule has 2 rings (SSSR count). The van der Waals surface area contributed by atoms with Gasteiger partial charge in [0.15, 0.2) is 0 Å². The summed E-state index contributed by atoms with van der Waals surface area (Å²) in [6.45, 7) is 10.3. The molecular weight excluding hydrogens is 227 g/mol. The zero-order valence-electron chi connectivity index (χ0n) is 11.9. The van der Waals surface area contributed by atoms with Crippen LogP contribution in [0.4, 0.5) is 0 Å². The molecule has 1 aliphatic rings. The van der Waals surface area contributed by atoms with Crippen LogP contribution >= 0.6 is 0 Å². The van der Waals surface area contributed by atoms with Crippen molar-refractivity contribution in [2.24, 2.45) is 0 Å². The third kappa shape index (κ3) is 2.42. The quantitative estimate of drug-likeness (QED) is 0.764. The second-order valence-corrected chi connectivity index (χ2v) is 5.77. The third-order valence-corrected chi connectivity index (χ3v) is 3.73. The summed E-state index contributed by atoms with van der Waals surface area (Å²) in [6, 6.07) is 0. The van der Waals surface area contributed by atoms with Crippen LogP contribution in [0, 0.1) is 0 Å². The molecule has 5 heteroatoms. The maximum absolute atomic E-state index is 5.93. The van der Waals surface area contributed by atoms with Gasteiger partial charge in [0.1, 0.15) is 0 Å². The summed E-state index contributed by atoms with van der Waals surface area (Å²) in [5, 5.41) is 0. The van der Waals surface area contributed by atoms with E-state index in [1.54, 1.807) is 6.20 Å². The van der Waals surface area contributed by atoms with E-state index in [4.69, 9.17) is 9.31 Å². The summed E-state index contributed by atoms with van der Waals surface area (Å²) in [5.74, 6) is 0. The molecule has 0 unspecified atom stereocenters. The van der Waals surface area contributed by atoms with Crippen LogP contribution in [-0.4, -0.2) is 28.3 Å². The Morgan fingerprint density at radius 2 is 1.67 bits per heavy atom. The van der Waals surface area contributed by atoms with Gasteiger partial charge in [-0.25, -0.2) is 0 Å². The van der Waals surface area contributed by atoms with E-state index in [9.17, 15) is 0 Å². The minimum absolute atomic E-state index is 0.332. The van der Waals surface area contributed by atoms with Gasteiger partial charge in [-0.15, -0.1) is 0 Å². The smallest absolute Gasteiger partial charge is 0.398 e. The molecule has 1 saturated heterocycles. The van der Waals surface area contributed by atoms with E-state index in [0.29, 0.717) is 0 Å². The monoisotopic (exact) mass is 248 g/mol. The minimum atomic E-state index is -0.418. The Bertz CT molecular complexity index is 402. The summed E-state index contributed by atoms with van der Waals surface area (Å²) in [5.41, 5.74) is 1.09. The maximum Gasteiger partial charge on any atom is 0.516 e. The molecule has 1 aromatic heterocycles. The molecule has 1 aromatic rings. The fourth-order valence-electron chi connectivity index (χ4n) is 1.84. The highest BCUT2D eigenvalue weighted by atomic mass is 16.7. The first-order chi connectivity index (χ1) is 8.36. The van der Waals surface area contributed by atoms with Crippen LogP contribution in [0.2, 0.25) is 0 Å². The lowest BCUT2D eigenvalue weighted by atomic mass is 9.85. The molecule has 0 N–H and O–H groups in total. The van der Waals surface area contributed by atoms with Crippen LogP contribution in [0.3, 0.4) is 0 Å². The molecule has 0 aliphatic carbocycles. The van der Waals surface area contributed by atoms with Gasteiger partial charge in [0.2, 0.25) is 0 Å². The largest absolute Gasteiger partial charge is 0.516 e. The summed E-state index contributed by atoms with van der Waals surface area (Å²) in [4.78, 5) is 8.78. The summed E-state index contributed by atoms with van der Waals surface area (Å²) in [7, 11) is -0.418. The molecule has 0 saturated carbocycles. The summed E-state index contributed by atoms with van der Waals surface area (Å²) in [6.07, 6.45) is 5.60. The Hall–Kier alpha value is -0.935. The molecule has 1 aliphatic heterocycles. The normalized spacial score (nSPS) is 21.3. The molecular formula is C13H21BN2O2. The average molecular weight is 248 g/mol. The van der Waals surface area contributed by atoms with Gasteiger partial charge in [0.25, 0.3) is 0 Å². The standard InChI is InChI=1S/C13H21BN2O2/c1-6-7-10-8-16-11(9-15-10)14-17-12(2,3)13(4,5)18-14/h8-9H,6-7H2,1-5H3. The highest BCUT2D eigenvalue weighted by Gasteiger charge is 2.52. The molecule has 0 spiro atoms. The lowest BCUT2D eigenvalue weighted by Gasteiger charge is -2.32. The number of nitrogens with zero attached hydrogens (tertiary/aromatic N) is 2. The van der Waals surface area contributed by atoms with Crippen molar-refractivity contribution in [3.63, 3.8) is 0 Å². The lowest BCUT2D eigenvalue weighted by Crippen LogP contribution is -2.41.